The molecule has 7 heteroatoms. The maximum absolute atomic E-state index is 5.27. The van der Waals surface area contributed by atoms with Crippen molar-refractivity contribution in [2.75, 3.05) is 5.43 Å². The van der Waals surface area contributed by atoms with Gasteiger partial charge < -0.3 is 0 Å². The molecule has 2 aromatic heterocycles. The summed E-state index contributed by atoms with van der Waals surface area (Å²) in [5.74, 6) is 5.54. The van der Waals surface area contributed by atoms with E-state index in [1.807, 2.05) is 37.3 Å². The number of fused-ring (bicyclic) bond motifs is 1. The molecule has 0 aliphatic carbocycles. The van der Waals surface area contributed by atoms with E-state index in [9.17, 15) is 0 Å². The van der Waals surface area contributed by atoms with Crippen LogP contribution in [0.1, 0.15) is 5.69 Å². The minimum atomic E-state index is 0.276. The predicted molar refractivity (Wildman–Crippen MR) is 67.0 cm³/mol. The lowest BCUT2D eigenvalue weighted by Crippen LogP contribution is -2.11. The molecule has 1 aromatic carbocycles. The Kier molecular flexibility index (Phi) is 2.38. The van der Waals surface area contributed by atoms with E-state index in [0.717, 1.165) is 11.4 Å². The third-order valence-corrected chi connectivity index (χ3v) is 2.59. The first-order chi connectivity index (χ1) is 8.79. The zero-order valence-electron chi connectivity index (χ0n) is 9.70. The molecule has 0 amide bonds. The molecule has 0 atom stereocenters. The summed E-state index contributed by atoms with van der Waals surface area (Å²) in [4.78, 5) is 4.25. The van der Waals surface area contributed by atoms with E-state index in [1.54, 1.807) is 4.68 Å². The van der Waals surface area contributed by atoms with Crippen molar-refractivity contribution in [1.29, 1.82) is 0 Å². The summed E-state index contributed by atoms with van der Waals surface area (Å²) in [6.45, 7) is 1.87. The number of nitrogen functional groups attached to an aromatic ring is 1. The van der Waals surface area contributed by atoms with E-state index in [1.165, 1.54) is 0 Å². The number of nitrogens with two attached hydrogens (primary N) is 1. The largest absolute Gasteiger partial charge is 0.291 e. The van der Waals surface area contributed by atoms with Crippen LogP contribution in [0.2, 0.25) is 0 Å². The van der Waals surface area contributed by atoms with E-state index in [2.05, 4.69) is 25.7 Å². The van der Waals surface area contributed by atoms with Gasteiger partial charge in [-0.3, -0.25) is 5.43 Å². The van der Waals surface area contributed by atoms with Gasteiger partial charge in [-0.05, 0) is 19.1 Å². The van der Waals surface area contributed by atoms with Crippen molar-refractivity contribution in [3.8, 4) is 5.69 Å². The number of benzene rings is 1. The summed E-state index contributed by atoms with van der Waals surface area (Å²) < 4.78 is 1.71. The van der Waals surface area contributed by atoms with Gasteiger partial charge in [-0.15, -0.1) is 10.2 Å². The van der Waals surface area contributed by atoms with Crippen LogP contribution in [0.15, 0.2) is 30.3 Å². The number of nitrogens with one attached hydrogen (secondary N) is 1. The van der Waals surface area contributed by atoms with Crippen molar-refractivity contribution < 1.29 is 0 Å². The minimum absolute atomic E-state index is 0.276. The fourth-order valence-corrected chi connectivity index (χ4v) is 1.76. The van der Waals surface area contributed by atoms with Crippen molar-refractivity contribution in [3.63, 3.8) is 0 Å². The number of nitrogens with zero attached hydrogens (tertiary/aromatic N) is 5. The van der Waals surface area contributed by atoms with E-state index in [-0.39, 0.29) is 5.95 Å². The molecule has 0 aliphatic rings. The fourth-order valence-electron chi connectivity index (χ4n) is 1.76. The quantitative estimate of drug-likeness (QED) is 0.509. The van der Waals surface area contributed by atoms with Crippen LogP contribution in [0.25, 0.3) is 16.9 Å². The van der Waals surface area contributed by atoms with Crippen LogP contribution >= 0.6 is 0 Å². The normalized spacial score (nSPS) is 10.8. The molecule has 0 unspecified atom stereocenters. The van der Waals surface area contributed by atoms with Crippen LogP contribution in [0.3, 0.4) is 0 Å². The third-order valence-electron chi connectivity index (χ3n) is 2.59. The number of rotatable bonds is 2. The third kappa shape index (κ3) is 1.57. The Morgan fingerprint density at radius 1 is 1.17 bits per heavy atom. The number of hydrazine groups is 1. The van der Waals surface area contributed by atoms with Gasteiger partial charge in [-0.1, -0.05) is 18.2 Å². The van der Waals surface area contributed by atoms with Gasteiger partial charge in [0.25, 0.3) is 5.95 Å². The lowest BCUT2D eigenvalue weighted by Gasteiger charge is -2.01. The lowest BCUT2D eigenvalue weighted by molar-refractivity contribution is 0.862. The number of anilines is 1. The van der Waals surface area contributed by atoms with Crippen LogP contribution in [0.4, 0.5) is 5.95 Å². The minimum Gasteiger partial charge on any atom is -0.291 e. The zero-order valence-corrected chi connectivity index (χ0v) is 9.70. The second-order valence-corrected chi connectivity index (χ2v) is 3.78. The molecule has 0 radical (unpaired) electrons. The Balaban J connectivity index is 2.26. The highest BCUT2D eigenvalue weighted by molar-refractivity contribution is 5.75. The van der Waals surface area contributed by atoms with Gasteiger partial charge >= 0.3 is 0 Å². The van der Waals surface area contributed by atoms with Crippen molar-refractivity contribution in [3.05, 3.63) is 36.0 Å². The average Bonchev–Trinajstić information content (AvgIpc) is 2.77. The standard InChI is InChI=1S/C11H11N7/c1-7-9-10(15-16-11(13-9)14-12)18(17-7)8-5-3-2-4-6-8/h2-6H,12H2,1H3,(H,13,14,16). The molecule has 0 saturated heterocycles. The number of aryl methyl sites for hydroxylation is 1. The molecule has 90 valence electrons. The van der Waals surface area contributed by atoms with E-state index < -0.39 is 0 Å². The number of hydrogen-bond acceptors (Lipinski definition) is 6. The van der Waals surface area contributed by atoms with Crippen LogP contribution < -0.4 is 11.3 Å². The Labute approximate surface area is 103 Å². The van der Waals surface area contributed by atoms with Crippen molar-refractivity contribution in [1.82, 2.24) is 25.0 Å². The Morgan fingerprint density at radius 3 is 2.67 bits per heavy atom. The molecule has 3 aromatic rings. The molecule has 0 saturated carbocycles. The van der Waals surface area contributed by atoms with Crippen LogP contribution in [-0.4, -0.2) is 25.0 Å². The van der Waals surface area contributed by atoms with Gasteiger partial charge in [-0.25, -0.2) is 15.5 Å². The summed E-state index contributed by atoms with van der Waals surface area (Å²) in [6.07, 6.45) is 0. The van der Waals surface area contributed by atoms with Crippen LogP contribution in [0, 0.1) is 6.92 Å². The number of para-hydroxylation sites is 1. The number of aromatic nitrogens is 5. The second-order valence-electron chi connectivity index (χ2n) is 3.78. The second kappa shape index (κ2) is 4.04. The van der Waals surface area contributed by atoms with E-state index in [0.29, 0.717) is 11.2 Å². The Bertz CT molecular complexity index is 689. The monoisotopic (exact) mass is 241 g/mol. The Morgan fingerprint density at radius 2 is 1.94 bits per heavy atom. The summed E-state index contributed by atoms with van der Waals surface area (Å²) >= 11 is 0. The van der Waals surface area contributed by atoms with Gasteiger partial charge in [0, 0.05) is 0 Å². The molecule has 3 rings (SSSR count). The summed E-state index contributed by atoms with van der Waals surface area (Å²) in [7, 11) is 0. The zero-order chi connectivity index (χ0) is 12.5. The highest BCUT2D eigenvalue weighted by Crippen LogP contribution is 2.18. The molecule has 0 spiro atoms. The van der Waals surface area contributed by atoms with Gasteiger partial charge in [-0.2, -0.15) is 5.10 Å². The van der Waals surface area contributed by atoms with E-state index >= 15 is 0 Å². The highest BCUT2D eigenvalue weighted by atomic mass is 15.4. The van der Waals surface area contributed by atoms with Crippen molar-refractivity contribution in [2.24, 2.45) is 5.84 Å². The SMILES string of the molecule is Cc1nn(-c2ccccc2)c2nnc(NN)nc12. The number of hydrogen-bond donors (Lipinski definition) is 2. The first kappa shape index (κ1) is 10.6. The molecule has 18 heavy (non-hydrogen) atoms. The maximum atomic E-state index is 5.27. The highest BCUT2D eigenvalue weighted by Gasteiger charge is 2.12. The summed E-state index contributed by atoms with van der Waals surface area (Å²) in [5, 5.41) is 12.4. The lowest BCUT2D eigenvalue weighted by atomic mass is 10.3. The Hall–Kier alpha value is -2.54. The maximum Gasteiger partial charge on any atom is 0.257 e. The molecule has 0 fully saturated rings. The summed E-state index contributed by atoms with van der Waals surface area (Å²) in [5.41, 5.74) is 5.36. The van der Waals surface area contributed by atoms with Crippen LogP contribution in [-0.2, 0) is 0 Å². The predicted octanol–water partition coefficient (Wildman–Crippen LogP) is 0.805. The topological polar surface area (TPSA) is 94.5 Å². The first-order valence-electron chi connectivity index (χ1n) is 5.41. The molecule has 3 N–H and O–H groups in total. The molecular weight excluding hydrogens is 230 g/mol. The fraction of sp³-hybridized carbons (Fsp3) is 0.0909. The molecule has 2 heterocycles. The van der Waals surface area contributed by atoms with Gasteiger partial charge in [0.1, 0.15) is 5.52 Å². The smallest absolute Gasteiger partial charge is 0.257 e. The van der Waals surface area contributed by atoms with Gasteiger partial charge in [0.2, 0.25) is 5.65 Å². The summed E-state index contributed by atoms with van der Waals surface area (Å²) in [6, 6.07) is 9.72. The molecule has 7 nitrogen and oxygen atoms in total. The molecular formula is C11H11N7. The van der Waals surface area contributed by atoms with Crippen molar-refractivity contribution in [2.45, 2.75) is 6.92 Å². The molecule has 0 bridgehead atoms. The van der Waals surface area contributed by atoms with Gasteiger partial charge in [0.05, 0.1) is 11.4 Å². The van der Waals surface area contributed by atoms with Crippen molar-refractivity contribution >= 4 is 17.1 Å². The van der Waals surface area contributed by atoms with E-state index in [4.69, 9.17) is 5.84 Å². The average molecular weight is 241 g/mol. The van der Waals surface area contributed by atoms with Crippen LogP contribution in [0.5, 0.6) is 0 Å². The molecule has 0 aliphatic heterocycles. The first-order valence-corrected chi connectivity index (χ1v) is 5.41. The van der Waals surface area contributed by atoms with Gasteiger partial charge in [0.15, 0.2) is 0 Å².